The number of alkyl halides is 6. The van der Waals surface area contributed by atoms with Crippen LogP contribution in [-0.4, -0.2) is 15.9 Å². The van der Waals surface area contributed by atoms with E-state index in [1.807, 2.05) is 5.43 Å². The van der Waals surface area contributed by atoms with Gasteiger partial charge in [0.05, 0.1) is 16.7 Å². The van der Waals surface area contributed by atoms with E-state index in [9.17, 15) is 31.1 Å². The molecule has 4 N–H and O–H groups in total. The van der Waals surface area contributed by atoms with Crippen molar-refractivity contribution in [3.63, 3.8) is 0 Å². The van der Waals surface area contributed by atoms with Crippen LogP contribution in [0.2, 0.25) is 0 Å². The largest absolute Gasteiger partial charge is 0.416 e. The van der Waals surface area contributed by atoms with Crippen LogP contribution in [0.4, 0.5) is 32.3 Å². The van der Waals surface area contributed by atoms with Gasteiger partial charge in [-0.3, -0.25) is 10.2 Å². The molecule has 0 radical (unpaired) electrons. The number of amides is 1. The van der Waals surface area contributed by atoms with Gasteiger partial charge in [0.25, 0.3) is 5.91 Å². The summed E-state index contributed by atoms with van der Waals surface area (Å²) in [6.07, 6.45) is -7.68. The van der Waals surface area contributed by atoms with E-state index in [0.717, 1.165) is 12.4 Å². The summed E-state index contributed by atoms with van der Waals surface area (Å²) in [7, 11) is 0. The van der Waals surface area contributed by atoms with E-state index in [0.29, 0.717) is 12.1 Å². The number of hydrogen-bond acceptors (Lipinski definition) is 5. The Morgan fingerprint density at radius 3 is 1.88 bits per heavy atom. The fraction of sp³-hybridized carbons (Fsp3) is 0.214. The Morgan fingerprint density at radius 2 is 1.46 bits per heavy atom. The lowest BCUT2D eigenvalue weighted by Gasteiger charge is -2.14. The molecule has 0 aliphatic carbocycles. The van der Waals surface area contributed by atoms with Gasteiger partial charge >= 0.3 is 12.4 Å². The monoisotopic (exact) mass is 379 g/mol. The lowest BCUT2D eigenvalue weighted by atomic mass is 10.0. The van der Waals surface area contributed by atoms with E-state index in [2.05, 4.69) is 15.3 Å². The van der Waals surface area contributed by atoms with Gasteiger partial charge < -0.3 is 5.32 Å². The summed E-state index contributed by atoms with van der Waals surface area (Å²) in [5.74, 6) is 4.17. The second-order valence-electron chi connectivity index (χ2n) is 5.04. The predicted octanol–water partition coefficient (Wildman–Crippen LogP) is 2.73. The van der Waals surface area contributed by atoms with Crippen molar-refractivity contribution in [1.82, 2.24) is 15.4 Å². The number of nitrogens with zero attached hydrogens (tertiary/aromatic N) is 2. The summed E-state index contributed by atoms with van der Waals surface area (Å²) >= 11 is 0. The molecule has 0 aliphatic heterocycles. The molecule has 0 bridgehead atoms. The third kappa shape index (κ3) is 4.81. The maximum Gasteiger partial charge on any atom is 0.416 e. The first kappa shape index (κ1) is 19.4. The van der Waals surface area contributed by atoms with Crippen LogP contribution in [0.5, 0.6) is 0 Å². The summed E-state index contributed by atoms with van der Waals surface area (Å²) in [4.78, 5) is 18.7. The molecule has 1 heterocycles. The van der Waals surface area contributed by atoms with Gasteiger partial charge in [-0.05, 0) is 23.8 Å². The van der Waals surface area contributed by atoms with Crippen molar-refractivity contribution < 1.29 is 31.1 Å². The Bertz CT molecular complexity index is 756. The van der Waals surface area contributed by atoms with Gasteiger partial charge in [0.2, 0.25) is 5.95 Å². The summed E-state index contributed by atoms with van der Waals surface area (Å²) in [6, 6.07) is 1.23. The van der Waals surface area contributed by atoms with Gasteiger partial charge in [0.15, 0.2) is 0 Å². The molecule has 0 spiro atoms. The van der Waals surface area contributed by atoms with E-state index in [4.69, 9.17) is 5.84 Å². The summed E-state index contributed by atoms with van der Waals surface area (Å²) in [6.45, 7) is -0.393. The second kappa shape index (κ2) is 7.15. The smallest absolute Gasteiger partial charge is 0.350 e. The first-order chi connectivity index (χ1) is 12.0. The van der Waals surface area contributed by atoms with Crippen LogP contribution in [0.25, 0.3) is 0 Å². The lowest BCUT2D eigenvalue weighted by Crippen LogP contribution is -2.30. The van der Waals surface area contributed by atoms with Gasteiger partial charge in [-0.15, -0.1) is 0 Å². The lowest BCUT2D eigenvalue weighted by molar-refractivity contribution is -0.143. The fourth-order valence-corrected chi connectivity index (χ4v) is 1.92. The normalized spacial score (nSPS) is 12.0. The van der Waals surface area contributed by atoms with Gasteiger partial charge in [-0.25, -0.2) is 15.8 Å². The number of rotatable bonds is 4. The van der Waals surface area contributed by atoms with Crippen LogP contribution >= 0.6 is 0 Å². The second-order valence-corrected chi connectivity index (χ2v) is 5.04. The van der Waals surface area contributed by atoms with E-state index in [-0.39, 0.29) is 23.1 Å². The average Bonchev–Trinajstić information content (AvgIpc) is 2.58. The van der Waals surface area contributed by atoms with Crippen molar-refractivity contribution in [3.8, 4) is 0 Å². The minimum absolute atomic E-state index is 0.0245. The minimum atomic E-state index is -4.93. The van der Waals surface area contributed by atoms with Crippen molar-refractivity contribution in [2.24, 2.45) is 5.84 Å². The molecule has 0 atom stereocenters. The highest BCUT2D eigenvalue weighted by Crippen LogP contribution is 2.36. The first-order valence-electron chi connectivity index (χ1n) is 6.86. The van der Waals surface area contributed by atoms with Crippen LogP contribution in [-0.2, 0) is 18.9 Å². The SMILES string of the molecule is NNC(=O)c1cnc(NCc2cc(C(F)(F)F)cc(C(F)(F)F)c2)nc1. The molecular weight excluding hydrogens is 368 g/mol. The van der Waals surface area contributed by atoms with Crippen molar-refractivity contribution >= 4 is 11.9 Å². The number of hydrazine groups is 1. The molecule has 1 aromatic carbocycles. The van der Waals surface area contributed by atoms with Gasteiger partial charge in [-0.1, -0.05) is 0 Å². The zero-order valence-electron chi connectivity index (χ0n) is 12.7. The number of nitrogen functional groups attached to an aromatic ring is 1. The van der Waals surface area contributed by atoms with Gasteiger partial charge in [0.1, 0.15) is 0 Å². The fourth-order valence-electron chi connectivity index (χ4n) is 1.92. The van der Waals surface area contributed by atoms with Crippen LogP contribution in [0.15, 0.2) is 30.6 Å². The Balaban J connectivity index is 2.22. The molecule has 0 fully saturated rings. The molecule has 1 aromatic heterocycles. The average molecular weight is 379 g/mol. The molecule has 0 saturated carbocycles. The van der Waals surface area contributed by atoms with Crippen molar-refractivity contribution in [3.05, 3.63) is 52.8 Å². The first-order valence-corrected chi connectivity index (χ1v) is 6.86. The molecule has 2 rings (SSSR count). The minimum Gasteiger partial charge on any atom is -0.350 e. The molecule has 0 unspecified atom stereocenters. The number of nitrogens with two attached hydrogens (primary N) is 1. The van der Waals surface area contributed by atoms with Crippen LogP contribution in [0, 0.1) is 0 Å². The Hall–Kier alpha value is -2.89. The molecule has 1 amide bonds. The number of nitrogens with one attached hydrogen (secondary N) is 2. The molecule has 6 nitrogen and oxygen atoms in total. The van der Waals surface area contributed by atoms with Gasteiger partial charge in [-0.2, -0.15) is 26.3 Å². The summed E-state index contributed by atoms with van der Waals surface area (Å²) < 4.78 is 76.8. The highest BCUT2D eigenvalue weighted by molar-refractivity contribution is 5.93. The molecule has 26 heavy (non-hydrogen) atoms. The number of carbonyl (C=O) groups is 1. The van der Waals surface area contributed by atoms with E-state index >= 15 is 0 Å². The third-order valence-corrected chi connectivity index (χ3v) is 3.14. The van der Waals surface area contributed by atoms with Crippen LogP contribution < -0.4 is 16.6 Å². The van der Waals surface area contributed by atoms with E-state index < -0.39 is 35.9 Å². The Labute approximate surface area is 142 Å². The predicted molar refractivity (Wildman–Crippen MR) is 77.5 cm³/mol. The topological polar surface area (TPSA) is 92.9 Å². The molecule has 140 valence electrons. The number of anilines is 1. The molecular formula is C14H11F6N5O. The van der Waals surface area contributed by atoms with Crippen LogP contribution in [0.1, 0.15) is 27.0 Å². The molecule has 12 heteroatoms. The summed E-state index contributed by atoms with van der Waals surface area (Å²) in [5, 5.41) is 2.48. The Kier molecular flexibility index (Phi) is 5.35. The standard InChI is InChI=1S/C14H11F6N5O/c15-13(16,17)9-1-7(2-10(3-9)14(18,19)20)4-22-12-23-5-8(6-24-12)11(26)25-21/h1-3,5-6H,4,21H2,(H,25,26)(H,22,23,24). The number of carbonyl (C=O) groups excluding carboxylic acids is 1. The highest BCUT2D eigenvalue weighted by Gasteiger charge is 2.36. The number of halogens is 6. The quantitative estimate of drug-likeness (QED) is 0.329. The van der Waals surface area contributed by atoms with E-state index in [1.165, 1.54) is 0 Å². The highest BCUT2D eigenvalue weighted by atomic mass is 19.4. The van der Waals surface area contributed by atoms with Crippen LogP contribution in [0.3, 0.4) is 0 Å². The van der Waals surface area contributed by atoms with Crippen molar-refractivity contribution in [1.29, 1.82) is 0 Å². The zero-order valence-corrected chi connectivity index (χ0v) is 12.7. The van der Waals surface area contributed by atoms with E-state index in [1.54, 1.807) is 0 Å². The number of benzene rings is 1. The Morgan fingerprint density at radius 1 is 0.962 bits per heavy atom. The maximum atomic E-state index is 12.8. The molecule has 0 aliphatic rings. The number of hydrogen-bond donors (Lipinski definition) is 3. The third-order valence-electron chi connectivity index (χ3n) is 3.14. The zero-order chi connectivity index (χ0) is 19.5. The summed E-state index contributed by atoms with van der Waals surface area (Å²) in [5.41, 5.74) is -1.23. The maximum absolute atomic E-state index is 12.8. The van der Waals surface area contributed by atoms with Gasteiger partial charge in [0, 0.05) is 18.9 Å². The molecule has 2 aromatic rings. The molecule has 0 saturated heterocycles. The number of aromatic nitrogens is 2. The van der Waals surface area contributed by atoms with Crippen molar-refractivity contribution in [2.75, 3.05) is 5.32 Å². The van der Waals surface area contributed by atoms with Crippen molar-refractivity contribution in [2.45, 2.75) is 18.9 Å².